The standard InChI is InChI=1S/C22H22N4O4S/c1-12-2-4-13(5-3-12)8-17-23-24-21(31-17)16-10-25-9-15(11-27)26(14-6-7-14)22(30)18(25)20(29)19(16)28/h2-5,10,14-15,27,29H,6-9,11H2,1H3. The summed E-state index contributed by atoms with van der Waals surface area (Å²) >= 11 is 1.29. The molecule has 5 rings (SSSR count). The van der Waals surface area contributed by atoms with E-state index in [1.165, 1.54) is 16.9 Å². The molecule has 0 spiro atoms. The maximum atomic E-state index is 13.0. The average molecular weight is 439 g/mol. The Hall–Kier alpha value is -3.04. The molecule has 1 fully saturated rings. The summed E-state index contributed by atoms with van der Waals surface area (Å²) in [5.74, 6) is -0.980. The van der Waals surface area contributed by atoms with Gasteiger partial charge in [-0.2, -0.15) is 0 Å². The van der Waals surface area contributed by atoms with Crippen LogP contribution in [0.1, 0.15) is 39.5 Å². The van der Waals surface area contributed by atoms with E-state index >= 15 is 0 Å². The number of nitrogens with zero attached hydrogens (tertiary/aromatic N) is 4. The van der Waals surface area contributed by atoms with Gasteiger partial charge in [-0.05, 0) is 25.3 Å². The minimum absolute atomic E-state index is 0.0188. The van der Waals surface area contributed by atoms with Crippen LogP contribution in [0.2, 0.25) is 0 Å². The molecule has 1 atom stereocenters. The van der Waals surface area contributed by atoms with Crippen molar-refractivity contribution in [3.05, 3.63) is 62.5 Å². The summed E-state index contributed by atoms with van der Waals surface area (Å²) in [5, 5.41) is 29.9. The molecule has 0 saturated heterocycles. The molecule has 3 heterocycles. The molecular weight excluding hydrogens is 416 g/mol. The number of carbonyl (C=O) groups is 1. The number of carbonyl (C=O) groups excluding carboxylic acids is 1. The van der Waals surface area contributed by atoms with Crippen LogP contribution >= 0.6 is 11.3 Å². The predicted molar refractivity (Wildman–Crippen MR) is 115 cm³/mol. The highest BCUT2D eigenvalue weighted by Crippen LogP contribution is 2.35. The van der Waals surface area contributed by atoms with Gasteiger partial charge in [0.25, 0.3) is 5.91 Å². The van der Waals surface area contributed by atoms with Crippen LogP contribution in [0.25, 0.3) is 10.6 Å². The van der Waals surface area contributed by atoms with Crippen LogP contribution in [0, 0.1) is 6.92 Å². The van der Waals surface area contributed by atoms with Gasteiger partial charge in [0.2, 0.25) is 5.43 Å². The topological polar surface area (TPSA) is 109 Å². The van der Waals surface area contributed by atoms with Crippen LogP contribution < -0.4 is 5.43 Å². The normalized spacial score (nSPS) is 18.3. The molecule has 3 aromatic rings. The van der Waals surface area contributed by atoms with E-state index in [1.54, 1.807) is 15.7 Å². The molecule has 1 amide bonds. The zero-order chi connectivity index (χ0) is 21.7. The van der Waals surface area contributed by atoms with Gasteiger partial charge in [-0.25, -0.2) is 0 Å². The number of benzene rings is 1. The second-order valence-corrected chi connectivity index (χ2v) is 9.23. The first kappa shape index (κ1) is 19.9. The van der Waals surface area contributed by atoms with Crippen LogP contribution in [0.3, 0.4) is 0 Å². The molecular formula is C22H22N4O4S. The maximum absolute atomic E-state index is 13.0. The fourth-order valence-electron chi connectivity index (χ4n) is 4.05. The molecule has 0 radical (unpaired) electrons. The van der Waals surface area contributed by atoms with Crippen molar-refractivity contribution in [3.8, 4) is 16.3 Å². The first-order valence-corrected chi connectivity index (χ1v) is 11.1. The van der Waals surface area contributed by atoms with Gasteiger partial charge in [0.1, 0.15) is 5.01 Å². The second-order valence-electron chi connectivity index (χ2n) is 8.16. The number of aryl methyl sites for hydroxylation is 1. The largest absolute Gasteiger partial charge is 0.503 e. The monoisotopic (exact) mass is 438 g/mol. The highest BCUT2D eigenvalue weighted by atomic mass is 32.1. The molecule has 1 unspecified atom stereocenters. The quantitative estimate of drug-likeness (QED) is 0.630. The number of aliphatic hydroxyl groups is 1. The van der Waals surface area contributed by atoms with Gasteiger partial charge in [-0.3, -0.25) is 9.59 Å². The smallest absolute Gasteiger partial charge is 0.275 e. The van der Waals surface area contributed by atoms with E-state index in [1.807, 2.05) is 31.2 Å². The third-order valence-corrected chi connectivity index (χ3v) is 6.77. The molecule has 2 aromatic heterocycles. The number of pyridine rings is 1. The van der Waals surface area contributed by atoms with Crippen molar-refractivity contribution in [2.75, 3.05) is 6.61 Å². The molecule has 31 heavy (non-hydrogen) atoms. The molecule has 1 aromatic carbocycles. The Bertz CT molecular complexity index is 1210. The zero-order valence-corrected chi connectivity index (χ0v) is 17.8. The summed E-state index contributed by atoms with van der Waals surface area (Å²) in [7, 11) is 0. The molecule has 2 N–H and O–H groups in total. The molecule has 1 saturated carbocycles. The molecule has 8 nitrogen and oxygen atoms in total. The van der Waals surface area contributed by atoms with Crippen molar-refractivity contribution in [3.63, 3.8) is 0 Å². The fourth-order valence-corrected chi connectivity index (χ4v) is 4.93. The Morgan fingerprint density at radius 1 is 1.16 bits per heavy atom. The summed E-state index contributed by atoms with van der Waals surface area (Å²) < 4.78 is 1.56. The van der Waals surface area contributed by atoms with E-state index in [-0.39, 0.29) is 29.9 Å². The Labute approximate surface area is 182 Å². The molecule has 1 aliphatic carbocycles. The third kappa shape index (κ3) is 3.53. The lowest BCUT2D eigenvalue weighted by Crippen LogP contribution is -2.51. The minimum atomic E-state index is -0.629. The van der Waals surface area contributed by atoms with E-state index in [0.29, 0.717) is 18.0 Å². The summed E-state index contributed by atoms with van der Waals surface area (Å²) in [5.41, 5.74) is 1.83. The van der Waals surface area contributed by atoms with Crippen LogP contribution in [0.4, 0.5) is 0 Å². The van der Waals surface area contributed by atoms with Crippen LogP contribution in [-0.4, -0.2) is 54.5 Å². The number of aromatic hydroxyl groups is 1. The highest BCUT2D eigenvalue weighted by Gasteiger charge is 2.43. The van der Waals surface area contributed by atoms with Gasteiger partial charge in [0.15, 0.2) is 16.5 Å². The van der Waals surface area contributed by atoms with Crippen molar-refractivity contribution in [1.29, 1.82) is 0 Å². The van der Waals surface area contributed by atoms with Crippen molar-refractivity contribution in [1.82, 2.24) is 19.7 Å². The SMILES string of the molecule is Cc1ccc(Cc2nnc(-c3cn4c(c(O)c3=O)C(=O)N(C3CC3)C(CO)C4)s2)cc1. The molecule has 0 bridgehead atoms. The average Bonchev–Trinajstić information content (AvgIpc) is 3.49. The third-order valence-electron chi connectivity index (χ3n) is 5.82. The molecule has 1 aliphatic heterocycles. The van der Waals surface area contributed by atoms with Crippen LogP contribution in [0.5, 0.6) is 5.75 Å². The summed E-state index contributed by atoms with van der Waals surface area (Å²) in [6.07, 6.45) is 3.90. The lowest BCUT2D eigenvalue weighted by atomic mass is 10.1. The number of rotatable bonds is 5. The molecule has 9 heteroatoms. The minimum Gasteiger partial charge on any atom is -0.503 e. The van der Waals surface area contributed by atoms with Crippen molar-refractivity contribution >= 4 is 17.2 Å². The maximum Gasteiger partial charge on any atom is 0.275 e. The highest BCUT2D eigenvalue weighted by molar-refractivity contribution is 7.14. The van der Waals surface area contributed by atoms with Crippen molar-refractivity contribution in [2.45, 2.75) is 44.8 Å². The van der Waals surface area contributed by atoms with E-state index in [9.17, 15) is 19.8 Å². The van der Waals surface area contributed by atoms with Gasteiger partial charge < -0.3 is 19.7 Å². The first-order chi connectivity index (χ1) is 15.0. The van der Waals surface area contributed by atoms with Gasteiger partial charge in [-0.15, -0.1) is 10.2 Å². The predicted octanol–water partition coefficient (Wildman–Crippen LogP) is 1.95. The van der Waals surface area contributed by atoms with Gasteiger partial charge in [0.05, 0.1) is 18.2 Å². The molecule has 2 aliphatic rings. The molecule has 160 valence electrons. The van der Waals surface area contributed by atoms with Gasteiger partial charge in [0, 0.05) is 25.2 Å². The van der Waals surface area contributed by atoms with E-state index in [0.717, 1.165) is 23.4 Å². The zero-order valence-electron chi connectivity index (χ0n) is 17.0. The second kappa shape index (κ2) is 7.58. The lowest BCUT2D eigenvalue weighted by Gasteiger charge is -2.37. The van der Waals surface area contributed by atoms with E-state index < -0.39 is 17.1 Å². The summed E-state index contributed by atoms with van der Waals surface area (Å²) in [6, 6.07) is 7.81. The number of fused-ring (bicyclic) bond motifs is 1. The number of aromatic nitrogens is 3. The van der Waals surface area contributed by atoms with E-state index in [2.05, 4.69) is 10.2 Å². The number of amides is 1. The van der Waals surface area contributed by atoms with Crippen LogP contribution in [0.15, 0.2) is 35.3 Å². The Kier molecular flexibility index (Phi) is 4.86. The number of hydrogen-bond acceptors (Lipinski definition) is 7. The van der Waals surface area contributed by atoms with Crippen molar-refractivity contribution < 1.29 is 15.0 Å². The van der Waals surface area contributed by atoms with E-state index in [4.69, 9.17) is 0 Å². The van der Waals surface area contributed by atoms with Gasteiger partial charge in [-0.1, -0.05) is 41.2 Å². The number of hydrogen-bond donors (Lipinski definition) is 2. The Morgan fingerprint density at radius 3 is 2.58 bits per heavy atom. The van der Waals surface area contributed by atoms with Crippen molar-refractivity contribution in [2.24, 2.45) is 0 Å². The number of aliphatic hydroxyl groups excluding tert-OH is 1. The summed E-state index contributed by atoms with van der Waals surface area (Å²) in [4.78, 5) is 27.5. The Morgan fingerprint density at radius 2 is 1.90 bits per heavy atom. The Balaban J connectivity index is 1.50. The lowest BCUT2D eigenvalue weighted by molar-refractivity contribution is 0.0451. The summed E-state index contributed by atoms with van der Waals surface area (Å²) in [6.45, 7) is 2.16. The fraction of sp³-hybridized carbons (Fsp3) is 0.364. The first-order valence-electron chi connectivity index (χ1n) is 10.2. The van der Waals surface area contributed by atoms with Crippen LogP contribution in [-0.2, 0) is 13.0 Å². The van der Waals surface area contributed by atoms with Gasteiger partial charge >= 0.3 is 0 Å².